The van der Waals surface area contributed by atoms with Crippen LogP contribution in [-0.4, -0.2) is 24.5 Å². The lowest BCUT2D eigenvalue weighted by Gasteiger charge is -2.13. The molecule has 0 radical (unpaired) electrons. The molecule has 0 amide bonds. The van der Waals surface area contributed by atoms with E-state index in [4.69, 9.17) is 9.47 Å². The molecule has 3 heterocycles. The number of ether oxygens (including phenoxy) is 2. The molecule has 0 bridgehead atoms. The van der Waals surface area contributed by atoms with E-state index >= 15 is 0 Å². The average Bonchev–Trinajstić information content (AvgIpc) is 3.63. The van der Waals surface area contributed by atoms with Gasteiger partial charge in [0.2, 0.25) is 0 Å². The van der Waals surface area contributed by atoms with E-state index in [1.54, 1.807) is 19.3 Å². The fraction of sp³-hybridized carbons (Fsp3) is 0.0857. The van der Waals surface area contributed by atoms with Crippen molar-refractivity contribution in [2.24, 2.45) is 7.05 Å². The molecule has 0 atom stereocenters. The quantitative estimate of drug-likeness (QED) is 0.192. The standard InChI is InChI=1S/C21H16N4O2.C14H11BrN2O/c1-13-23-18-9-8-17(15-10-14(11-22)21(26)25(2)12-15)20(19(18)24-13)27-16-6-4-3-5-7-16;1-9-16-12-8-7-11(15)14(13(12)17-9)18-10-5-3-2-4-6-10/h3-10,12H,1-2H3,(H,23,24);2-8H,1H3,(H,16,17). The van der Waals surface area contributed by atoms with Gasteiger partial charge in [-0.2, -0.15) is 5.26 Å². The van der Waals surface area contributed by atoms with Crippen LogP contribution in [0.5, 0.6) is 23.0 Å². The summed E-state index contributed by atoms with van der Waals surface area (Å²) < 4.78 is 14.4. The third-order valence-corrected chi connectivity index (χ3v) is 7.57. The van der Waals surface area contributed by atoms with Gasteiger partial charge in [0.15, 0.2) is 11.5 Å². The number of H-pyrrole nitrogens is 2. The number of aromatic nitrogens is 5. The molecule has 222 valence electrons. The van der Waals surface area contributed by atoms with Crippen LogP contribution in [0.2, 0.25) is 0 Å². The molecular formula is C35H27BrN6O3. The zero-order valence-corrected chi connectivity index (χ0v) is 26.2. The number of fused-ring (bicyclic) bond motifs is 2. The number of benzene rings is 4. The van der Waals surface area contributed by atoms with Crippen molar-refractivity contribution >= 4 is 38.0 Å². The van der Waals surface area contributed by atoms with Gasteiger partial charge in [-0.3, -0.25) is 4.79 Å². The Bertz CT molecular complexity index is 2250. The van der Waals surface area contributed by atoms with Crippen molar-refractivity contribution in [1.82, 2.24) is 24.5 Å². The molecule has 0 saturated heterocycles. The van der Waals surface area contributed by atoms with Gasteiger partial charge in [-0.25, -0.2) is 9.97 Å². The minimum atomic E-state index is -0.330. The van der Waals surface area contributed by atoms with Gasteiger partial charge in [-0.1, -0.05) is 36.4 Å². The highest BCUT2D eigenvalue weighted by Crippen LogP contribution is 2.39. The van der Waals surface area contributed by atoms with Crippen LogP contribution in [-0.2, 0) is 7.05 Å². The second-order valence-electron chi connectivity index (χ2n) is 10.3. The molecule has 9 nitrogen and oxygen atoms in total. The molecule has 7 rings (SSSR count). The number of pyridine rings is 1. The second-order valence-corrected chi connectivity index (χ2v) is 11.1. The number of para-hydroxylation sites is 2. The lowest BCUT2D eigenvalue weighted by atomic mass is 10.0. The van der Waals surface area contributed by atoms with Gasteiger partial charge in [0.1, 0.15) is 45.8 Å². The van der Waals surface area contributed by atoms with Gasteiger partial charge < -0.3 is 24.0 Å². The topological polar surface area (TPSA) is 122 Å². The summed E-state index contributed by atoms with van der Waals surface area (Å²) in [6.07, 6.45) is 1.70. The summed E-state index contributed by atoms with van der Waals surface area (Å²) >= 11 is 3.51. The molecule has 4 aromatic carbocycles. The van der Waals surface area contributed by atoms with Crippen molar-refractivity contribution in [1.29, 1.82) is 5.26 Å². The van der Waals surface area contributed by atoms with Gasteiger partial charge in [0.25, 0.3) is 5.56 Å². The Morgan fingerprint density at radius 1 is 0.778 bits per heavy atom. The Hall–Kier alpha value is -5.66. The van der Waals surface area contributed by atoms with Gasteiger partial charge in [-0.05, 0) is 84.4 Å². The van der Waals surface area contributed by atoms with E-state index in [0.717, 1.165) is 49.7 Å². The third kappa shape index (κ3) is 6.20. The van der Waals surface area contributed by atoms with Crippen LogP contribution in [0.1, 0.15) is 17.2 Å². The Labute approximate surface area is 266 Å². The molecule has 0 aliphatic carbocycles. The third-order valence-electron chi connectivity index (χ3n) is 6.95. The minimum Gasteiger partial charge on any atom is -0.454 e. The Morgan fingerprint density at radius 3 is 1.89 bits per heavy atom. The monoisotopic (exact) mass is 658 g/mol. The number of hydrogen-bond acceptors (Lipinski definition) is 6. The van der Waals surface area contributed by atoms with Crippen LogP contribution in [0.25, 0.3) is 33.2 Å². The highest BCUT2D eigenvalue weighted by atomic mass is 79.9. The van der Waals surface area contributed by atoms with E-state index in [9.17, 15) is 10.1 Å². The molecule has 10 heteroatoms. The SMILES string of the molecule is Cc1nc2c(Oc3ccccc3)c(-c3cc(C#N)c(=O)n(C)c3)ccc2[nH]1.Cc1nc2c(Oc3ccccc3)c(Br)ccc2[nH]1. The maximum absolute atomic E-state index is 12.1. The number of halogens is 1. The number of nitrogens with zero attached hydrogens (tertiary/aromatic N) is 4. The van der Waals surface area contributed by atoms with Gasteiger partial charge in [0.05, 0.1) is 15.5 Å². The molecule has 0 aliphatic heterocycles. The summed E-state index contributed by atoms with van der Waals surface area (Å²) in [4.78, 5) is 27.5. The summed E-state index contributed by atoms with van der Waals surface area (Å²) in [5.41, 5.74) is 4.58. The highest BCUT2D eigenvalue weighted by molar-refractivity contribution is 9.10. The van der Waals surface area contributed by atoms with Crippen LogP contribution in [0, 0.1) is 25.2 Å². The molecule has 7 aromatic rings. The Morgan fingerprint density at radius 2 is 1.31 bits per heavy atom. The lowest BCUT2D eigenvalue weighted by Crippen LogP contribution is -2.19. The molecule has 0 aliphatic rings. The zero-order valence-electron chi connectivity index (χ0n) is 24.6. The number of aryl methyl sites for hydroxylation is 3. The Balaban J connectivity index is 0.000000172. The van der Waals surface area contributed by atoms with Gasteiger partial charge in [0, 0.05) is 24.4 Å². The predicted octanol–water partition coefficient (Wildman–Crippen LogP) is 8.33. The summed E-state index contributed by atoms with van der Waals surface area (Å²) in [7, 11) is 1.63. The summed E-state index contributed by atoms with van der Waals surface area (Å²) in [6.45, 7) is 3.81. The van der Waals surface area contributed by atoms with E-state index in [0.29, 0.717) is 22.6 Å². The van der Waals surface area contributed by atoms with Crippen LogP contribution in [0.3, 0.4) is 0 Å². The number of hydrogen-bond donors (Lipinski definition) is 2. The first-order valence-electron chi connectivity index (χ1n) is 14.0. The van der Waals surface area contributed by atoms with E-state index in [2.05, 4.69) is 35.9 Å². The molecule has 0 saturated carbocycles. The number of rotatable bonds is 5. The molecule has 2 N–H and O–H groups in total. The lowest BCUT2D eigenvalue weighted by molar-refractivity contribution is 0.484. The summed E-state index contributed by atoms with van der Waals surface area (Å²) in [5.74, 6) is 4.44. The van der Waals surface area contributed by atoms with E-state index < -0.39 is 0 Å². The first kappa shape index (κ1) is 29.4. The maximum atomic E-state index is 12.1. The van der Waals surface area contributed by atoms with E-state index in [-0.39, 0.29) is 11.1 Å². The van der Waals surface area contributed by atoms with Crippen molar-refractivity contribution < 1.29 is 9.47 Å². The maximum Gasteiger partial charge on any atom is 0.268 e. The molecule has 3 aromatic heterocycles. The molecule has 0 spiro atoms. The number of nitrogens with one attached hydrogen (secondary N) is 2. The summed E-state index contributed by atoms with van der Waals surface area (Å²) in [6, 6.07) is 30.4. The highest BCUT2D eigenvalue weighted by Gasteiger charge is 2.17. The second kappa shape index (κ2) is 12.5. The molecule has 0 fully saturated rings. The van der Waals surface area contributed by atoms with Crippen LogP contribution in [0.15, 0.2) is 106 Å². The largest absolute Gasteiger partial charge is 0.454 e. The minimum absolute atomic E-state index is 0.0824. The first-order chi connectivity index (χ1) is 21.8. The fourth-order valence-corrected chi connectivity index (χ4v) is 5.30. The van der Waals surface area contributed by atoms with Crippen molar-refractivity contribution in [3.05, 3.63) is 129 Å². The molecule has 0 unspecified atom stereocenters. The van der Waals surface area contributed by atoms with Crippen molar-refractivity contribution in [2.75, 3.05) is 0 Å². The van der Waals surface area contributed by atoms with E-state index in [1.165, 1.54) is 4.57 Å². The number of aromatic amines is 2. The van der Waals surface area contributed by atoms with Crippen LogP contribution < -0.4 is 15.0 Å². The smallest absolute Gasteiger partial charge is 0.268 e. The zero-order chi connectivity index (χ0) is 31.5. The molecular weight excluding hydrogens is 632 g/mol. The van der Waals surface area contributed by atoms with Crippen molar-refractivity contribution in [2.45, 2.75) is 13.8 Å². The van der Waals surface area contributed by atoms with Crippen molar-refractivity contribution in [3.63, 3.8) is 0 Å². The molecule has 45 heavy (non-hydrogen) atoms. The normalized spacial score (nSPS) is 10.7. The summed E-state index contributed by atoms with van der Waals surface area (Å²) in [5, 5.41) is 9.28. The van der Waals surface area contributed by atoms with Gasteiger partial charge >= 0.3 is 0 Å². The van der Waals surface area contributed by atoms with Gasteiger partial charge in [-0.15, -0.1) is 0 Å². The number of nitriles is 1. The van der Waals surface area contributed by atoms with E-state index in [1.807, 2.05) is 105 Å². The Kier molecular flexibility index (Phi) is 8.18. The van der Waals surface area contributed by atoms with Crippen molar-refractivity contribution in [3.8, 4) is 40.2 Å². The van der Waals surface area contributed by atoms with Crippen LogP contribution >= 0.6 is 15.9 Å². The number of imidazole rings is 2. The average molecular weight is 660 g/mol. The predicted molar refractivity (Wildman–Crippen MR) is 178 cm³/mol. The fourth-order valence-electron chi connectivity index (χ4n) is 4.90. The first-order valence-corrected chi connectivity index (χ1v) is 14.8. The van der Waals surface area contributed by atoms with Crippen LogP contribution in [0.4, 0.5) is 0 Å².